The van der Waals surface area contributed by atoms with E-state index in [1.807, 2.05) is 31.2 Å². The van der Waals surface area contributed by atoms with Crippen LogP contribution >= 0.6 is 0 Å². The van der Waals surface area contributed by atoms with Crippen LogP contribution in [0, 0.1) is 12.7 Å². The lowest BCUT2D eigenvalue weighted by Crippen LogP contribution is -2.08. The Morgan fingerprint density at radius 2 is 1.69 bits per heavy atom. The SMILES string of the molecule is CNc1c(F)ccc2ncccc12.Cc1cc2cccnc2cc1NN. The molecule has 0 saturated carbocycles. The van der Waals surface area contributed by atoms with E-state index in [2.05, 4.69) is 26.8 Å². The van der Waals surface area contributed by atoms with Gasteiger partial charge in [-0.15, -0.1) is 0 Å². The van der Waals surface area contributed by atoms with Gasteiger partial charge in [0.15, 0.2) is 0 Å². The van der Waals surface area contributed by atoms with Gasteiger partial charge in [-0.2, -0.15) is 0 Å². The smallest absolute Gasteiger partial charge is 0.147 e. The quantitative estimate of drug-likeness (QED) is 0.373. The van der Waals surface area contributed by atoms with Crippen molar-refractivity contribution in [3.8, 4) is 0 Å². The Morgan fingerprint density at radius 1 is 0.962 bits per heavy atom. The number of hydrogen-bond acceptors (Lipinski definition) is 5. The number of hydrogen-bond donors (Lipinski definition) is 3. The Kier molecular flexibility index (Phi) is 5.24. The molecule has 5 nitrogen and oxygen atoms in total. The van der Waals surface area contributed by atoms with Crippen LogP contribution in [0.4, 0.5) is 15.8 Å². The van der Waals surface area contributed by atoms with E-state index in [-0.39, 0.29) is 5.82 Å². The molecule has 0 aliphatic carbocycles. The number of aromatic nitrogens is 2. The minimum Gasteiger partial charge on any atom is -0.385 e. The minimum atomic E-state index is -0.247. The maximum Gasteiger partial charge on any atom is 0.147 e. The molecule has 4 N–H and O–H groups in total. The number of anilines is 2. The topological polar surface area (TPSA) is 75.9 Å². The number of hydrazine groups is 1. The van der Waals surface area contributed by atoms with E-state index in [9.17, 15) is 4.39 Å². The first-order valence-corrected chi connectivity index (χ1v) is 8.17. The van der Waals surface area contributed by atoms with Gasteiger partial charge in [-0.3, -0.25) is 15.8 Å². The molecule has 0 aliphatic rings. The van der Waals surface area contributed by atoms with Crippen molar-refractivity contribution in [2.75, 3.05) is 17.8 Å². The largest absolute Gasteiger partial charge is 0.385 e. The third-order valence-electron chi connectivity index (χ3n) is 4.09. The molecule has 0 amide bonds. The first-order chi connectivity index (χ1) is 12.6. The third-order valence-corrected chi connectivity index (χ3v) is 4.09. The summed E-state index contributed by atoms with van der Waals surface area (Å²) < 4.78 is 13.2. The summed E-state index contributed by atoms with van der Waals surface area (Å²) >= 11 is 0. The molecule has 132 valence electrons. The molecule has 0 saturated heterocycles. The number of nitrogens with zero attached hydrogens (tertiary/aromatic N) is 2. The maximum absolute atomic E-state index is 13.2. The van der Waals surface area contributed by atoms with Gasteiger partial charge < -0.3 is 10.7 Å². The highest BCUT2D eigenvalue weighted by atomic mass is 19.1. The Balaban J connectivity index is 0.000000151. The minimum absolute atomic E-state index is 0.247. The lowest BCUT2D eigenvalue weighted by atomic mass is 10.1. The summed E-state index contributed by atoms with van der Waals surface area (Å²) in [7, 11) is 1.70. The van der Waals surface area contributed by atoms with E-state index in [4.69, 9.17) is 5.84 Å². The van der Waals surface area contributed by atoms with E-state index in [0.29, 0.717) is 5.69 Å². The lowest BCUT2D eigenvalue weighted by Gasteiger charge is -2.05. The number of nitrogens with one attached hydrogen (secondary N) is 2. The zero-order chi connectivity index (χ0) is 18.5. The zero-order valence-electron chi connectivity index (χ0n) is 14.6. The first-order valence-electron chi connectivity index (χ1n) is 8.17. The molecular weight excluding hydrogens is 329 g/mol. The Labute approximate surface area is 151 Å². The molecule has 0 unspecified atom stereocenters. The predicted molar refractivity (Wildman–Crippen MR) is 106 cm³/mol. The molecule has 26 heavy (non-hydrogen) atoms. The molecule has 6 heteroatoms. The van der Waals surface area contributed by atoms with E-state index < -0.39 is 0 Å². The molecule has 0 spiro atoms. The second-order valence-corrected chi connectivity index (χ2v) is 5.75. The van der Waals surface area contributed by atoms with Gasteiger partial charge in [0.25, 0.3) is 0 Å². The van der Waals surface area contributed by atoms with Crippen molar-refractivity contribution in [3.63, 3.8) is 0 Å². The molecule has 2 aromatic carbocycles. The van der Waals surface area contributed by atoms with Crippen molar-refractivity contribution in [2.24, 2.45) is 5.84 Å². The zero-order valence-corrected chi connectivity index (χ0v) is 14.6. The van der Waals surface area contributed by atoms with Crippen molar-refractivity contribution < 1.29 is 4.39 Å². The highest BCUT2D eigenvalue weighted by molar-refractivity contribution is 5.91. The highest BCUT2D eigenvalue weighted by Crippen LogP contribution is 2.24. The van der Waals surface area contributed by atoms with Crippen LogP contribution in [-0.2, 0) is 0 Å². The fourth-order valence-corrected chi connectivity index (χ4v) is 2.77. The average molecular weight is 349 g/mol. The summed E-state index contributed by atoms with van der Waals surface area (Å²) in [6.45, 7) is 2.02. The van der Waals surface area contributed by atoms with Gasteiger partial charge in [-0.25, -0.2) is 4.39 Å². The molecule has 2 heterocycles. The van der Waals surface area contributed by atoms with Gasteiger partial charge in [0, 0.05) is 30.2 Å². The molecule has 4 aromatic rings. The number of nitrogens with two attached hydrogens (primary N) is 1. The van der Waals surface area contributed by atoms with Crippen LogP contribution in [0.5, 0.6) is 0 Å². The summed E-state index contributed by atoms with van der Waals surface area (Å²) in [4.78, 5) is 8.36. The van der Waals surface area contributed by atoms with Crippen LogP contribution in [0.3, 0.4) is 0 Å². The van der Waals surface area contributed by atoms with Crippen LogP contribution < -0.4 is 16.6 Å². The summed E-state index contributed by atoms with van der Waals surface area (Å²) in [6.07, 6.45) is 3.47. The number of pyridine rings is 2. The normalized spacial score (nSPS) is 10.3. The van der Waals surface area contributed by atoms with Gasteiger partial charge in [-0.1, -0.05) is 6.07 Å². The molecule has 0 aliphatic heterocycles. The Morgan fingerprint density at radius 3 is 2.42 bits per heavy atom. The van der Waals surface area contributed by atoms with E-state index in [0.717, 1.165) is 33.1 Å². The van der Waals surface area contributed by atoms with Crippen molar-refractivity contribution in [2.45, 2.75) is 6.92 Å². The fraction of sp³-hybridized carbons (Fsp3) is 0.100. The average Bonchev–Trinajstić information content (AvgIpc) is 2.68. The van der Waals surface area contributed by atoms with Crippen LogP contribution in [0.25, 0.3) is 21.8 Å². The maximum atomic E-state index is 13.2. The molecule has 0 atom stereocenters. The molecule has 4 rings (SSSR count). The molecule has 2 aromatic heterocycles. The predicted octanol–water partition coefficient (Wildman–Crippen LogP) is 4.24. The standard InChI is InChI=1S/C10H9FN2.C10H11N3/c1-12-10-7-3-2-6-13-9(7)5-4-8(10)11;1-7-5-8-3-2-4-12-10(8)6-9(7)13-11/h2-6,12H,1H3;2-6,13H,11H2,1H3. The number of benzene rings is 2. The number of rotatable bonds is 2. The molecule has 0 bridgehead atoms. The number of halogens is 1. The van der Waals surface area contributed by atoms with Crippen LogP contribution in [-0.4, -0.2) is 17.0 Å². The fourth-order valence-electron chi connectivity index (χ4n) is 2.77. The van der Waals surface area contributed by atoms with Gasteiger partial charge in [0.1, 0.15) is 5.82 Å². The second kappa shape index (κ2) is 7.76. The van der Waals surface area contributed by atoms with Gasteiger partial charge in [-0.05, 0) is 55.0 Å². The van der Waals surface area contributed by atoms with Gasteiger partial charge in [0.2, 0.25) is 0 Å². The molecule has 0 radical (unpaired) electrons. The van der Waals surface area contributed by atoms with Gasteiger partial charge in [0.05, 0.1) is 22.4 Å². The van der Waals surface area contributed by atoms with E-state index in [1.165, 1.54) is 6.07 Å². The Hall–Kier alpha value is -3.25. The van der Waals surface area contributed by atoms with Gasteiger partial charge >= 0.3 is 0 Å². The van der Waals surface area contributed by atoms with Crippen LogP contribution in [0.2, 0.25) is 0 Å². The summed E-state index contributed by atoms with van der Waals surface area (Å²) in [6, 6.07) is 14.7. The highest BCUT2D eigenvalue weighted by Gasteiger charge is 2.04. The van der Waals surface area contributed by atoms with Crippen molar-refractivity contribution in [1.82, 2.24) is 9.97 Å². The summed E-state index contributed by atoms with van der Waals surface area (Å²) in [5.41, 5.74) is 6.96. The molecular formula is C20H20FN5. The molecule has 0 fully saturated rings. The third kappa shape index (κ3) is 3.55. The lowest BCUT2D eigenvalue weighted by molar-refractivity contribution is 0.633. The first kappa shape index (κ1) is 17.6. The van der Waals surface area contributed by atoms with Crippen molar-refractivity contribution in [1.29, 1.82) is 0 Å². The van der Waals surface area contributed by atoms with Crippen LogP contribution in [0.15, 0.2) is 60.9 Å². The van der Waals surface area contributed by atoms with Crippen molar-refractivity contribution in [3.05, 3.63) is 72.3 Å². The monoisotopic (exact) mass is 349 g/mol. The number of aryl methyl sites for hydroxylation is 1. The Bertz CT molecular complexity index is 1040. The van der Waals surface area contributed by atoms with Crippen LogP contribution in [0.1, 0.15) is 5.56 Å². The summed E-state index contributed by atoms with van der Waals surface area (Å²) in [5.74, 6) is 5.12. The number of fused-ring (bicyclic) bond motifs is 2. The second-order valence-electron chi connectivity index (χ2n) is 5.75. The summed E-state index contributed by atoms with van der Waals surface area (Å²) in [5, 5.41) is 4.77. The van der Waals surface area contributed by atoms with Crippen molar-refractivity contribution >= 4 is 33.2 Å². The van der Waals surface area contributed by atoms with E-state index >= 15 is 0 Å². The number of nitrogen functional groups attached to an aromatic ring is 1. The van der Waals surface area contributed by atoms with E-state index in [1.54, 1.807) is 31.6 Å².